The number of carbonyl (C=O) groups excluding carboxylic acids is 4. The first-order chi connectivity index (χ1) is 33.3. The van der Waals surface area contributed by atoms with Crippen LogP contribution >= 0.6 is 0 Å². The summed E-state index contributed by atoms with van der Waals surface area (Å²) in [7, 11) is 2.58. The van der Waals surface area contributed by atoms with Crippen molar-refractivity contribution in [3.05, 3.63) is 93.9 Å². The summed E-state index contributed by atoms with van der Waals surface area (Å²) in [5.74, 6) is 0.601. The van der Waals surface area contributed by atoms with Crippen LogP contribution in [0.1, 0.15) is 127 Å². The number of hydrogen-bond acceptors (Lipinski definition) is 9. The van der Waals surface area contributed by atoms with E-state index in [9.17, 15) is 24.0 Å². The number of H-pyrrole nitrogens is 2. The zero-order valence-corrected chi connectivity index (χ0v) is 40.8. The number of alkyl carbamates (subject to hydrolysis) is 2. The van der Waals surface area contributed by atoms with Gasteiger partial charge in [0, 0.05) is 13.1 Å². The Bertz CT molecular complexity index is 2790. The number of aromatic amines is 2. The van der Waals surface area contributed by atoms with Crippen LogP contribution in [0.4, 0.5) is 9.59 Å². The summed E-state index contributed by atoms with van der Waals surface area (Å²) in [6, 6.07) is 17.0. The molecule has 3 aromatic carbocycles. The molecule has 4 aliphatic rings. The zero-order chi connectivity index (χ0) is 48.6. The van der Waals surface area contributed by atoms with Crippen molar-refractivity contribution in [3.63, 3.8) is 0 Å². The quantitative estimate of drug-likeness (QED) is 0.0945. The molecular formula is C54H66N8O7. The Morgan fingerprint density at radius 2 is 1.29 bits per heavy atom. The van der Waals surface area contributed by atoms with E-state index in [1.165, 1.54) is 63.0 Å². The Kier molecular flexibility index (Phi) is 13.7. The minimum absolute atomic E-state index is 0.116. The van der Waals surface area contributed by atoms with E-state index in [4.69, 9.17) is 19.4 Å². The van der Waals surface area contributed by atoms with Gasteiger partial charge in [0.05, 0.1) is 49.1 Å². The molecule has 0 bridgehead atoms. The molecule has 4 amide bonds. The van der Waals surface area contributed by atoms with Crippen LogP contribution < -0.4 is 16.2 Å². The number of nitrogens with zero attached hydrogens (tertiary/aromatic N) is 4. The minimum Gasteiger partial charge on any atom is -0.453 e. The van der Waals surface area contributed by atoms with Crippen LogP contribution in [0.15, 0.2) is 65.6 Å². The second-order valence-electron chi connectivity index (χ2n) is 20.2. The van der Waals surface area contributed by atoms with Gasteiger partial charge in [-0.3, -0.25) is 14.4 Å². The third-order valence-electron chi connectivity index (χ3n) is 15.6. The second kappa shape index (κ2) is 19.8. The first-order valence-electron chi connectivity index (χ1n) is 25.0. The van der Waals surface area contributed by atoms with Crippen molar-refractivity contribution in [1.29, 1.82) is 0 Å². The molecule has 15 heteroatoms. The van der Waals surface area contributed by atoms with Crippen molar-refractivity contribution in [1.82, 2.24) is 40.4 Å². The number of amides is 4. The highest BCUT2D eigenvalue weighted by molar-refractivity contribution is 5.89. The van der Waals surface area contributed by atoms with Crippen LogP contribution in [0.3, 0.4) is 0 Å². The highest BCUT2D eigenvalue weighted by Gasteiger charge is 2.42. The van der Waals surface area contributed by atoms with Crippen molar-refractivity contribution in [3.8, 4) is 33.5 Å². The Hall–Kier alpha value is -6.51. The summed E-state index contributed by atoms with van der Waals surface area (Å²) in [5.41, 5.74) is 9.64. The number of aromatic nitrogens is 4. The summed E-state index contributed by atoms with van der Waals surface area (Å²) in [6.07, 6.45) is 12.4. The highest BCUT2D eigenvalue weighted by atomic mass is 16.5. The number of ether oxygens (including phenoxy) is 2. The summed E-state index contributed by atoms with van der Waals surface area (Å²) in [6.45, 7) is 8.82. The van der Waals surface area contributed by atoms with E-state index in [0.29, 0.717) is 42.7 Å². The maximum atomic E-state index is 14.0. The molecule has 4 N–H and O–H groups in total. The van der Waals surface area contributed by atoms with Gasteiger partial charge >= 0.3 is 12.2 Å². The van der Waals surface area contributed by atoms with Crippen molar-refractivity contribution in [2.24, 2.45) is 17.3 Å². The molecule has 2 aromatic heterocycles. The van der Waals surface area contributed by atoms with Crippen LogP contribution in [0.25, 0.3) is 44.4 Å². The molecule has 5 atom stereocenters. The Balaban J connectivity index is 0.979. The van der Waals surface area contributed by atoms with Crippen molar-refractivity contribution < 1.29 is 28.7 Å². The fraction of sp³-hybridized carbons (Fsp3) is 0.500. The van der Waals surface area contributed by atoms with E-state index in [1.807, 2.05) is 50.9 Å². The van der Waals surface area contributed by atoms with E-state index < -0.39 is 30.3 Å². The number of methoxy groups -OCH3 is 2. The number of likely N-dealkylation sites (tertiary alicyclic amines) is 2. The van der Waals surface area contributed by atoms with Crippen LogP contribution in [-0.4, -0.2) is 93.1 Å². The molecule has 1 saturated carbocycles. The molecule has 364 valence electrons. The van der Waals surface area contributed by atoms with Gasteiger partial charge in [-0.25, -0.2) is 19.6 Å². The normalized spacial score (nSPS) is 19.9. The van der Waals surface area contributed by atoms with Gasteiger partial charge in [0.2, 0.25) is 11.8 Å². The van der Waals surface area contributed by atoms with Crippen molar-refractivity contribution >= 4 is 34.9 Å². The van der Waals surface area contributed by atoms with E-state index in [0.717, 1.165) is 65.9 Å². The number of benzene rings is 3. The summed E-state index contributed by atoms with van der Waals surface area (Å²) < 4.78 is 9.64. The van der Waals surface area contributed by atoms with E-state index in [1.54, 1.807) is 4.90 Å². The number of carbonyl (C=O) groups is 4. The summed E-state index contributed by atoms with van der Waals surface area (Å²) in [5, 5.41) is 5.96. The monoisotopic (exact) mass is 939 g/mol. The fourth-order valence-corrected chi connectivity index (χ4v) is 11.6. The maximum absolute atomic E-state index is 14.0. The predicted octanol–water partition coefficient (Wildman–Crippen LogP) is 9.17. The van der Waals surface area contributed by atoms with Crippen molar-refractivity contribution in [2.45, 2.75) is 129 Å². The Morgan fingerprint density at radius 1 is 0.725 bits per heavy atom. The lowest BCUT2D eigenvalue weighted by atomic mass is 9.72. The molecule has 15 nitrogen and oxygen atoms in total. The van der Waals surface area contributed by atoms with Gasteiger partial charge < -0.3 is 39.9 Å². The largest absolute Gasteiger partial charge is 0.453 e. The van der Waals surface area contributed by atoms with Gasteiger partial charge in [0.1, 0.15) is 23.7 Å². The maximum Gasteiger partial charge on any atom is 0.407 e. The van der Waals surface area contributed by atoms with E-state index >= 15 is 0 Å². The molecule has 3 fully saturated rings. The van der Waals surface area contributed by atoms with Gasteiger partial charge in [0.25, 0.3) is 5.56 Å². The van der Waals surface area contributed by atoms with Gasteiger partial charge in [-0.15, -0.1) is 0 Å². The highest BCUT2D eigenvalue weighted by Crippen LogP contribution is 2.52. The molecule has 2 aliphatic carbocycles. The number of fused-ring (bicyclic) bond motifs is 2. The number of hydrogen-bond donors (Lipinski definition) is 4. The second-order valence-corrected chi connectivity index (χ2v) is 20.2. The fourth-order valence-electron chi connectivity index (χ4n) is 11.6. The van der Waals surface area contributed by atoms with Gasteiger partial charge in [-0.1, -0.05) is 95.8 Å². The van der Waals surface area contributed by atoms with Gasteiger partial charge in [-0.2, -0.15) is 0 Å². The summed E-state index contributed by atoms with van der Waals surface area (Å²) in [4.78, 5) is 85.9. The molecule has 69 heavy (non-hydrogen) atoms. The third-order valence-corrected chi connectivity index (χ3v) is 15.6. The average molecular weight is 939 g/mol. The van der Waals surface area contributed by atoms with Crippen LogP contribution in [0, 0.1) is 17.3 Å². The molecule has 9 rings (SSSR count). The predicted molar refractivity (Wildman–Crippen MR) is 264 cm³/mol. The van der Waals surface area contributed by atoms with Crippen molar-refractivity contribution in [2.75, 3.05) is 27.3 Å². The van der Waals surface area contributed by atoms with Gasteiger partial charge in [-0.05, 0) is 120 Å². The lowest BCUT2D eigenvalue weighted by Gasteiger charge is -2.33. The molecule has 2 aliphatic heterocycles. The molecule has 4 heterocycles. The minimum atomic E-state index is -0.757. The van der Waals surface area contributed by atoms with Crippen LogP contribution in [0.5, 0.6) is 0 Å². The molecule has 5 aromatic rings. The number of imidazole rings is 1. The molecule has 0 radical (unpaired) electrons. The van der Waals surface area contributed by atoms with Gasteiger partial charge in [0.15, 0.2) is 0 Å². The van der Waals surface area contributed by atoms with E-state index in [2.05, 4.69) is 63.1 Å². The average Bonchev–Trinajstić information content (AvgIpc) is 4.21. The van der Waals surface area contributed by atoms with Crippen LogP contribution in [0.2, 0.25) is 0 Å². The Morgan fingerprint density at radius 3 is 1.90 bits per heavy atom. The standard InChI is InChI=1S/C54H66N8O7/c1-7-32(4)46(59-53(67)69-6)51(65)62-26-12-14-44(62)48-56-41-22-19-35(27-38(41)49(63)60-48)37-21-20-36(39-28-54(29-40(37)39)23-9-8-10-24-54)33-15-17-34(18-16-33)42-30-55-47(57-42)43-13-11-25-61(43)50(64)45(31(2)3)58-52(66)68-5/h15-22,27,30-32,43-46H,7-14,23-26,28-29H2,1-6H3,(H,55,57)(H,58,66)(H,59,67)(H,56,60,63). The third kappa shape index (κ3) is 9.36. The first kappa shape index (κ1) is 47.6. The molecule has 5 unspecified atom stereocenters. The zero-order valence-electron chi connectivity index (χ0n) is 40.8. The van der Waals surface area contributed by atoms with Crippen LogP contribution in [-0.2, 0) is 31.9 Å². The first-order valence-corrected chi connectivity index (χ1v) is 25.0. The lowest BCUT2D eigenvalue weighted by Crippen LogP contribution is -2.51. The molecule has 2 saturated heterocycles. The summed E-state index contributed by atoms with van der Waals surface area (Å²) >= 11 is 0. The van der Waals surface area contributed by atoms with E-state index in [-0.39, 0.29) is 40.7 Å². The number of rotatable bonds is 12. The lowest BCUT2D eigenvalue weighted by molar-refractivity contribution is -0.136. The molecule has 1 spiro atoms. The molecular weight excluding hydrogens is 873 g/mol. The SMILES string of the molecule is CCC(C)C(NC(=O)OC)C(=O)N1CCCC1c1nc2ccc(-c3ccc(-c4ccc(-c5cnc(C6CCCN6C(=O)C(NC(=O)OC)C(C)C)[nH]5)cc4)c4c3CC3(CCCCC3)C4)cc2c(=O)[nH]1. The smallest absolute Gasteiger partial charge is 0.407 e. The Labute approximate surface area is 403 Å². The number of nitrogens with one attached hydrogen (secondary N) is 4. The topological polar surface area (TPSA) is 192 Å².